The van der Waals surface area contributed by atoms with Crippen LogP contribution in [0, 0.1) is 17.8 Å². The molecule has 0 saturated heterocycles. The van der Waals surface area contributed by atoms with Crippen LogP contribution in [0.25, 0.3) is 0 Å². The third kappa shape index (κ3) is 2.29. The molecule has 3 nitrogen and oxygen atoms in total. The Morgan fingerprint density at radius 1 is 1.31 bits per heavy atom. The SMILES string of the molecule is CC1CC(C)CC(C(O)c2ccnn2C)C1. The van der Waals surface area contributed by atoms with Gasteiger partial charge in [-0.05, 0) is 43.1 Å². The zero-order chi connectivity index (χ0) is 11.7. The van der Waals surface area contributed by atoms with Crippen molar-refractivity contribution in [2.75, 3.05) is 0 Å². The van der Waals surface area contributed by atoms with Gasteiger partial charge in [0.25, 0.3) is 0 Å². The van der Waals surface area contributed by atoms with Crippen LogP contribution < -0.4 is 0 Å². The van der Waals surface area contributed by atoms with Crippen molar-refractivity contribution in [1.29, 1.82) is 0 Å². The average Bonchev–Trinajstić information content (AvgIpc) is 2.62. The Kier molecular flexibility index (Phi) is 3.33. The molecule has 90 valence electrons. The predicted molar refractivity (Wildman–Crippen MR) is 63.8 cm³/mol. The fourth-order valence-electron chi connectivity index (χ4n) is 3.18. The van der Waals surface area contributed by atoms with Crippen LogP contribution in [0.3, 0.4) is 0 Å². The van der Waals surface area contributed by atoms with Crippen LogP contribution in [-0.4, -0.2) is 14.9 Å². The monoisotopic (exact) mass is 222 g/mol. The summed E-state index contributed by atoms with van der Waals surface area (Å²) in [5.41, 5.74) is 0.950. The molecule has 2 rings (SSSR count). The highest BCUT2D eigenvalue weighted by atomic mass is 16.3. The van der Waals surface area contributed by atoms with Crippen molar-refractivity contribution in [3.8, 4) is 0 Å². The Hall–Kier alpha value is -0.830. The lowest BCUT2D eigenvalue weighted by Crippen LogP contribution is -2.25. The molecule has 1 saturated carbocycles. The fraction of sp³-hybridized carbons (Fsp3) is 0.769. The van der Waals surface area contributed by atoms with E-state index in [1.807, 2.05) is 13.1 Å². The molecule has 1 fully saturated rings. The first-order chi connectivity index (χ1) is 7.58. The molecule has 1 aromatic heterocycles. The molecule has 1 aliphatic carbocycles. The Bertz CT molecular complexity index is 337. The van der Waals surface area contributed by atoms with Gasteiger partial charge in [0.1, 0.15) is 0 Å². The quantitative estimate of drug-likeness (QED) is 0.835. The summed E-state index contributed by atoms with van der Waals surface area (Å²) >= 11 is 0. The third-order valence-corrected chi connectivity index (χ3v) is 3.82. The Morgan fingerprint density at radius 2 is 1.94 bits per heavy atom. The summed E-state index contributed by atoms with van der Waals surface area (Å²) in [5, 5.41) is 14.5. The van der Waals surface area contributed by atoms with Gasteiger partial charge in [-0.15, -0.1) is 0 Å². The fourth-order valence-corrected chi connectivity index (χ4v) is 3.18. The van der Waals surface area contributed by atoms with E-state index < -0.39 is 0 Å². The Morgan fingerprint density at radius 3 is 2.44 bits per heavy atom. The van der Waals surface area contributed by atoms with Gasteiger partial charge in [-0.1, -0.05) is 13.8 Å². The molecule has 0 amide bonds. The number of aliphatic hydroxyl groups is 1. The molecule has 0 aromatic carbocycles. The molecule has 1 N–H and O–H groups in total. The predicted octanol–water partition coefficient (Wildman–Crippen LogP) is 2.53. The first-order valence-electron chi connectivity index (χ1n) is 6.24. The number of aliphatic hydroxyl groups excluding tert-OH is 1. The molecular weight excluding hydrogens is 200 g/mol. The van der Waals surface area contributed by atoms with E-state index in [9.17, 15) is 5.11 Å². The summed E-state index contributed by atoms with van der Waals surface area (Å²) in [5.74, 6) is 1.86. The van der Waals surface area contributed by atoms with Crippen molar-refractivity contribution in [2.45, 2.75) is 39.2 Å². The molecule has 0 aliphatic heterocycles. The molecule has 3 heteroatoms. The first kappa shape index (κ1) is 11.6. The van der Waals surface area contributed by atoms with Gasteiger partial charge in [0, 0.05) is 13.2 Å². The van der Waals surface area contributed by atoms with Crippen molar-refractivity contribution >= 4 is 0 Å². The van der Waals surface area contributed by atoms with Gasteiger partial charge in [0.15, 0.2) is 0 Å². The summed E-state index contributed by atoms with van der Waals surface area (Å²) in [6.07, 6.45) is 4.98. The topological polar surface area (TPSA) is 38.1 Å². The molecule has 3 atom stereocenters. The van der Waals surface area contributed by atoms with E-state index in [2.05, 4.69) is 18.9 Å². The highest BCUT2D eigenvalue weighted by molar-refractivity contribution is 5.06. The number of hydrogen-bond acceptors (Lipinski definition) is 2. The van der Waals surface area contributed by atoms with E-state index in [4.69, 9.17) is 0 Å². The van der Waals surface area contributed by atoms with E-state index >= 15 is 0 Å². The van der Waals surface area contributed by atoms with Crippen LogP contribution in [0.2, 0.25) is 0 Å². The average molecular weight is 222 g/mol. The Labute approximate surface area is 97.5 Å². The van der Waals surface area contributed by atoms with Crippen LogP contribution >= 0.6 is 0 Å². The smallest absolute Gasteiger partial charge is 0.0984 e. The largest absolute Gasteiger partial charge is 0.387 e. The van der Waals surface area contributed by atoms with Crippen LogP contribution in [-0.2, 0) is 7.05 Å². The molecule has 0 spiro atoms. The second-order valence-corrected chi connectivity index (χ2v) is 5.50. The maximum Gasteiger partial charge on any atom is 0.0984 e. The molecular formula is C13H22N2O. The number of rotatable bonds is 2. The zero-order valence-corrected chi connectivity index (χ0v) is 10.4. The minimum absolute atomic E-state index is 0.349. The van der Waals surface area contributed by atoms with Crippen LogP contribution in [0.1, 0.15) is 44.9 Å². The highest BCUT2D eigenvalue weighted by Gasteiger charge is 2.30. The molecule has 0 bridgehead atoms. The van der Waals surface area contributed by atoms with Crippen molar-refractivity contribution in [2.24, 2.45) is 24.8 Å². The zero-order valence-electron chi connectivity index (χ0n) is 10.4. The summed E-state index contributed by atoms with van der Waals surface area (Å²) < 4.78 is 1.79. The summed E-state index contributed by atoms with van der Waals surface area (Å²) in [6.45, 7) is 4.58. The standard InChI is InChI=1S/C13H22N2O/c1-9-6-10(2)8-11(7-9)13(16)12-4-5-14-15(12)3/h4-5,9-11,13,16H,6-8H2,1-3H3. The lowest BCUT2D eigenvalue weighted by molar-refractivity contribution is 0.0495. The van der Waals surface area contributed by atoms with Gasteiger partial charge < -0.3 is 5.11 Å². The van der Waals surface area contributed by atoms with Crippen LogP contribution in [0.4, 0.5) is 0 Å². The first-order valence-corrected chi connectivity index (χ1v) is 6.24. The second-order valence-electron chi connectivity index (χ2n) is 5.50. The van der Waals surface area contributed by atoms with Crippen molar-refractivity contribution in [3.63, 3.8) is 0 Å². The minimum Gasteiger partial charge on any atom is -0.387 e. The van der Waals surface area contributed by atoms with Gasteiger partial charge >= 0.3 is 0 Å². The normalized spacial score (nSPS) is 32.6. The number of hydrogen-bond donors (Lipinski definition) is 1. The molecule has 3 unspecified atom stereocenters. The van der Waals surface area contributed by atoms with Crippen molar-refractivity contribution in [3.05, 3.63) is 18.0 Å². The summed E-state index contributed by atoms with van der Waals surface area (Å²) in [6, 6.07) is 1.93. The highest BCUT2D eigenvalue weighted by Crippen LogP contribution is 2.39. The number of aryl methyl sites for hydroxylation is 1. The van der Waals surface area contributed by atoms with Crippen molar-refractivity contribution < 1.29 is 5.11 Å². The lowest BCUT2D eigenvalue weighted by Gasteiger charge is -2.34. The summed E-state index contributed by atoms with van der Waals surface area (Å²) in [4.78, 5) is 0. The minimum atomic E-state index is -0.349. The maximum atomic E-state index is 10.4. The van der Waals surface area contributed by atoms with Gasteiger partial charge in [-0.25, -0.2) is 0 Å². The van der Waals surface area contributed by atoms with Gasteiger partial charge in [-0.2, -0.15) is 5.10 Å². The molecule has 16 heavy (non-hydrogen) atoms. The van der Waals surface area contributed by atoms with E-state index in [1.54, 1.807) is 10.9 Å². The van der Waals surface area contributed by atoms with Gasteiger partial charge in [0.05, 0.1) is 11.8 Å². The number of nitrogens with zero attached hydrogens (tertiary/aromatic N) is 2. The van der Waals surface area contributed by atoms with Crippen LogP contribution in [0.5, 0.6) is 0 Å². The van der Waals surface area contributed by atoms with Gasteiger partial charge in [-0.3, -0.25) is 4.68 Å². The molecule has 1 aliphatic rings. The molecule has 1 aromatic rings. The third-order valence-electron chi connectivity index (χ3n) is 3.82. The van der Waals surface area contributed by atoms with E-state index in [0.717, 1.165) is 30.4 Å². The van der Waals surface area contributed by atoms with Crippen LogP contribution in [0.15, 0.2) is 12.3 Å². The maximum absolute atomic E-state index is 10.4. The second kappa shape index (κ2) is 4.58. The molecule has 0 radical (unpaired) electrons. The van der Waals surface area contributed by atoms with E-state index in [0.29, 0.717) is 5.92 Å². The Balaban J connectivity index is 2.10. The van der Waals surface area contributed by atoms with Crippen molar-refractivity contribution in [1.82, 2.24) is 9.78 Å². The lowest BCUT2D eigenvalue weighted by atomic mass is 9.74. The van der Waals surface area contributed by atoms with Gasteiger partial charge in [0.2, 0.25) is 0 Å². The molecule has 1 heterocycles. The summed E-state index contributed by atoms with van der Waals surface area (Å²) in [7, 11) is 1.90. The van der Waals surface area contributed by atoms with E-state index in [1.165, 1.54) is 6.42 Å². The number of aromatic nitrogens is 2. The van der Waals surface area contributed by atoms with E-state index in [-0.39, 0.29) is 6.10 Å².